The van der Waals surface area contributed by atoms with Crippen LogP contribution >= 0.6 is 0 Å². The molecule has 11 nitrogen and oxygen atoms in total. The minimum Gasteiger partial charge on any atom is -0.496 e. The Morgan fingerprint density at radius 1 is 1.00 bits per heavy atom. The van der Waals surface area contributed by atoms with E-state index in [0.717, 1.165) is 4.90 Å². The zero-order chi connectivity index (χ0) is 25.2. The molecule has 0 bridgehead atoms. The summed E-state index contributed by atoms with van der Waals surface area (Å²) in [5.41, 5.74) is -0.186. The number of nitrogens with one attached hydrogen (secondary N) is 2. The Bertz CT molecular complexity index is 1170. The van der Waals surface area contributed by atoms with Gasteiger partial charge < -0.3 is 34.3 Å². The third-order valence-electron chi connectivity index (χ3n) is 5.96. The van der Waals surface area contributed by atoms with Crippen LogP contribution in [0.1, 0.15) is 18.1 Å². The number of methoxy groups -OCH3 is 3. The van der Waals surface area contributed by atoms with Crippen LogP contribution in [0.3, 0.4) is 0 Å². The Balaban J connectivity index is 1.45. The van der Waals surface area contributed by atoms with E-state index in [1.54, 1.807) is 37.3 Å². The van der Waals surface area contributed by atoms with E-state index in [0.29, 0.717) is 53.1 Å². The SMILES string of the molecule is COc1cc(OC)c(OC)cc1CNC(=O)CN1C(=O)NC(C)(c2ccc3c(c2)OCCO3)C1=O. The first-order valence-electron chi connectivity index (χ1n) is 10.9. The third-order valence-corrected chi connectivity index (χ3v) is 5.96. The number of fused-ring (bicyclic) bond motifs is 1. The molecule has 11 heteroatoms. The predicted molar refractivity (Wildman–Crippen MR) is 123 cm³/mol. The highest BCUT2D eigenvalue weighted by molar-refractivity contribution is 6.09. The Labute approximate surface area is 202 Å². The van der Waals surface area contributed by atoms with Crippen molar-refractivity contribution in [3.05, 3.63) is 41.5 Å². The molecule has 0 aromatic heterocycles. The number of carbonyl (C=O) groups is 3. The lowest BCUT2D eigenvalue weighted by Crippen LogP contribution is -2.43. The average Bonchev–Trinajstić information content (AvgIpc) is 3.10. The number of imide groups is 1. The molecular formula is C24H27N3O8. The van der Waals surface area contributed by atoms with Crippen LogP contribution in [-0.2, 0) is 21.7 Å². The molecule has 0 radical (unpaired) electrons. The summed E-state index contributed by atoms with van der Waals surface area (Å²) in [4.78, 5) is 39.4. The molecule has 0 saturated carbocycles. The van der Waals surface area contributed by atoms with Crippen molar-refractivity contribution in [2.75, 3.05) is 41.1 Å². The first kappa shape index (κ1) is 24.0. The molecule has 2 aliphatic rings. The minimum atomic E-state index is -1.35. The van der Waals surface area contributed by atoms with E-state index >= 15 is 0 Å². The highest BCUT2D eigenvalue weighted by atomic mass is 16.6. The molecule has 2 heterocycles. The zero-order valence-electron chi connectivity index (χ0n) is 19.9. The van der Waals surface area contributed by atoms with Gasteiger partial charge in [-0.1, -0.05) is 6.07 Å². The van der Waals surface area contributed by atoms with Crippen molar-refractivity contribution >= 4 is 17.8 Å². The number of benzene rings is 2. The zero-order valence-corrected chi connectivity index (χ0v) is 19.9. The number of hydrogen-bond donors (Lipinski definition) is 2. The summed E-state index contributed by atoms with van der Waals surface area (Å²) in [5, 5.41) is 5.40. The van der Waals surface area contributed by atoms with Crippen molar-refractivity contribution in [2.45, 2.75) is 19.0 Å². The second kappa shape index (κ2) is 9.61. The Morgan fingerprint density at radius 3 is 2.34 bits per heavy atom. The van der Waals surface area contributed by atoms with E-state index < -0.39 is 29.9 Å². The summed E-state index contributed by atoms with van der Waals surface area (Å²) in [7, 11) is 4.51. The van der Waals surface area contributed by atoms with E-state index in [2.05, 4.69) is 10.6 Å². The Kier molecular flexibility index (Phi) is 6.59. The molecule has 2 aromatic rings. The van der Waals surface area contributed by atoms with Crippen LogP contribution < -0.4 is 34.3 Å². The smallest absolute Gasteiger partial charge is 0.325 e. The first-order chi connectivity index (χ1) is 16.8. The van der Waals surface area contributed by atoms with Crippen molar-refractivity contribution in [1.29, 1.82) is 0 Å². The summed E-state index contributed by atoms with van der Waals surface area (Å²) in [5.74, 6) is 1.46. The maximum Gasteiger partial charge on any atom is 0.325 e. The van der Waals surface area contributed by atoms with Gasteiger partial charge in [0.05, 0.1) is 21.3 Å². The van der Waals surface area contributed by atoms with Crippen molar-refractivity contribution < 1.29 is 38.1 Å². The number of ether oxygens (including phenoxy) is 5. The number of nitrogens with zero attached hydrogens (tertiary/aromatic N) is 1. The van der Waals surface area contributed by atoms with Gasteiger partial charge in [-0.25, -0.2) is 4.79 Å². The molecule has 2 aliphatic heterocycles. The van der Waals surface area contributed by atoms with E-state index in [9.17, 15) is 14.4 Å². The highest BCUT2D eigenvalue weighted by Crippen LogP contribution is 2.37. The average molecular weight is 485 g/mol. The fraction of sp³-hybridized carbons (Fsp3) is 0.375. The number of rotatable bonds is 8. The molecule has 4 rings (SSSR count). The van der Waals surface area contributed by atoms with Gasteiger partial charge in [0.15, 0.2) is 23.0 Å². The van der Waals surface area contributed by atoms with Gasteiger partial charge in [0, 0.05) is 18.2 Å². The van der Waals surface area contributed by atoms with Crippen molar-refractivity contribution in [3.8, 4) is 28.7 Å². The lowest BCUT2D eigenvalue weighted by molar-refractivity contribution is -0.134. The van der Waals surface area contributed by atoms with E-state index in [1.165, 1.54) is 21.3 Å². The summed E-state index contributed by atoms with van der Waals surface area (Å²) >= 11 is 0. The first-order valence-corrected chi connectivity index (χ1v) is 10.9. The molecule has 1 atom stereocenters. The summed E-state index contributed by atoms with van der Waals surface area (Å²) < 4.78 is 27.0. The van der Waals surface area contributed by atoms with Gasteiger partial charge >= 0.3 is 6.03 Å². The molecule has 2 N–H and O–H groups in total. The van der Waals surface area contributed by atoms with Gasteiger partial charge in [-0.3, -0.25) is 14.5 Å². The van der Waals surface area contributed by atoms with Crippen molar-refractivity contribution in [3.63, 3.8) is 0 Å². The van der Waals surface area contributed by atoms with Crippen LogP contribution in [0.2, 0.25) is 0 Å². The summed E-state index contributed by atoms with van der Waals surface area (Å²) in [6.07, 6.45) is 0. The Hall–Kier alpha value is -4.15. The molecule has 1 fully saturated rings. The van der Waals surface area contributed by atoms with Crippen LogP contribution in [0.15, 0.2) is 30.3 Å². The number of amides is 4. The Morgan fingerprint density at radius 2 is 1.66 bits per heavy atom. The standard InChI is InChI=1S/C24H27N3O8/c1-24(15-5-6-16-20(10-15)35-8-7-34-16)22(29)27(23(30)26-24)13-21(28)25-12-14-9-18(32-3)19(33-4)11-17(14)31-2/h5-6,9-11H,7-8,12-13H2,1-4H3,(H,25,28)(H,26,30). The number of carbonyl (C=O) groups excluding carboxylic acids is 3. The summed E-state index contributed by atoms with van der Waals surface area (Å²) in [6, 6.07) is 7.73. The third kappa shape index (κ3) is 4.48. The molecule has 0 spiro atoms. The monoisotopic (exact) mass is 485 g/mol. The van der Waals surface area contributed by atoms with Gasteiger partial charge in [-0.2, -0.15) is 0 Å². The van der Waals surface area contributed by atoms with E-state index in [4.69, 9.17) is 23.7 Å². The quantitative estimate of drug-likeness (QED) is 0.540. The topological polar surface area (TPSA) is 125 Å². The van der Waals surface area contributed by atoms with Gasteiger partial charge in [0.25, 0.3) is 5.91 Å². The molecule has 0 aliphatic carbocycles. The molecule has 35 heavy (non-hydrogen) atoms. The normalized spacial score (nSPS) is 18.7. The van der Waals surface area contributed by atoms with Crippen LogP contribution in [0, 0.1) is 0 Å². The van der Waals surface area contributed by atoms with Gasteiger partial charge in [0.1, 0.15) is 31.0 Å². The largest absolute Gasteiger partial charge is 0.496 e. The van der Waals surface area contributed by atoms with Crippen LogP contribution in [0.5, 0.6) is 28.7 Å². The fourth-order valence-electron chi connectivity index (χ4n) is 4.01. The molecule has 1 saturated heterocycles. The van der Waals surface area contributed by atoms with E-state index in [-0.39, 0.29) is 6.54 Å². The van der Waals surface area contributed by atoms with Crippen molar-refractivity contribution in [2.24, 2.45) is 0 Å². The van der Waals surface area contributed by atoms with Gasteiger partial charge in [0.2, 0.25) is 5.91 Å². The van der Waals surface area contributed by atoms with Crippen LogP contribution in [-0.4, -0.2) is 63.8 Å². The van der Waals surface area contributed by atoms with Gasteiger partial charge in [-0.05, 0) is 30.7 Å². The van der Waals surface area contributed by atoms with Crippen LogP contribution in [0.25, 0.3) is 0 Å². The van der Waals surface area contributed by atoms with Crippen LogP contribution in [0.4, 0.5) is 4.79 Å². The molecule has 186 valence electrons. The second-order valence-corrected chi connectivity index (χ2v) is 8.10. The second-order valence-electron chi connectivity index (χ2n) is 8.10. The maximum absolute atomic E-state index is 13.2. The predicted octanol–water partition coefficient (Wildman–Crippen LogP) is 1.57. The van der Waals surface area contributed by atoms with Crippen molar-refractivity contribution in [1.82, 2.24) is 15.5 Å². The number of hydrogen-bond acceptors (Lipinski definition) is 8. The molecular weight excluding hydrogens is 458 g/mol. The fourth-order valence-corrected chi connectivity index (χ4v) is 4.01. The summed E-state index contributed by atoms with van der Waals surface area (Å²) in [6.45, 7) is 2.07. The maximum atomic E-state index is 13.2. The molecule has 4 amide bonds. The lowest BCUT2D eigenvalue weighted by Gasteiger charge is -2.25. The molecule has 2 aromatic carbocycles. The minimum absolute atomic E-state index is 0.0887. The van der Waals surface area contributed by atoms with Gasteiger partial charge in [-0.15, -0.1) is 0 Å². The highest BCUT2D eigenvalue weighted by Gasteiger charge is 2.49. The lowest BCUT2D eigenvalue weighted by atomic mass is 9.91. The van der Waals surface area contributed by atoms with E-state index in [1.807, 2.05) is 0 Å². The number of urea groups is 1. The molecule has 1 unspecified atom stereocenters.